The summed E-state index contributed by atoms with van der Waals surface area (Å²) in [7, 11) is 0. The van der Waals surface area contributed by atoms with Crippen LogP contribution in [0.3, 0.4) is 0 Å². The number of rotatable bonds is 4. The number of hydrogen-bond donors (Lipinski definition) is 1. The molecule has 0 spiro atoms. The molecule has 1 saturated heterocycles. The molecule has 1 fully saturated rings. The maximum absolute atomic E-state index is 11.0. The van der Waals surface area contributed by atoms with E-state index in [-0.39, 0.29) is 11.9 Å². The van der Waals surface area contributed by atoms with Gasteiger partial charge in [-0.3, -0.25) is 4.90 Å². The molecule has 3 atom stereocenters. The van der Waals surface area contributed by atoms with E-state index in [1.165, 1.54) is 17.5 Å². The second-order valence-corrected chi connectivity index (χ2v) is 9.78. The van der Waals surface area contributed by atoms with Crippen LogP contribution in [0.2, 0.25) is 0 Å². The van der Waals surface area contributed by atoms with E-state index in [1.54, 1.807) is 15.9 Å². The van der Waals surface area contributed by atoms with Crippen molar-refractivity contribution in [1.82, 2.24) is 19.5 Å². The molecule has 4 rings (SSSR count). The summed E-state index contributed by atoms with van der Waals surface area (Å²) in [5.41, 5.74) is 2.56. The molecule has 0 aliphatic carbocycles. The second-order valence-electron chi connectivity index (χ2n) is 8.77. The lowest BCUT2D eigenvalue weighted by molar-refractivity contribution is 0.112. The average Bonchev–Trinajstić information content (AvgIpc) is 3.13. The zero-order valence-corrected chi connectivity index (χ0v) is 18.2. The molecule has 0 radical (unpaired) electrons. The van der Waals surface area contributed by atoms with Gasteiger partial charge >= 0.3 is 0 Å². The van der Waals surface area contributed by atoms with Crippen LogP contribution in [0.4, 0.5) is 0 Å². The minimum absolute atomic E-state index is 0.0280. The summed E-state index contributed by atoms with van der Waals surface area (Å²) in [4.78, 5) is 8.70. The van der Waals surface area contributed by atoms with Gasteiger partial charge < -0.3 is 5.11 Å². The minimum atomic E-state index is 0.0280. The fraction of sp³-hybridized carbons (Fsp3) is 0.545. The van der Waals surface area contributed by atoms with Crippen LogP contribution >= 0.6 is 11.3 Å². The molecule has 1 aromatic carbocycles. The summed E-state index contributed by atoms with van der Waals surface area (Å²) in [6.45, 7) is 13.0. The Morgan fingerprint density at radius 2 is 1.68 bits per heavy atom. The Morgan fingerprint density at radius 1 is 1.07 bits per heavy atom. The van der Waals surface area contributed by atoms with E-state index >= 15 is 0 Å². The van der Waals surface area contributed by atoms with Crippen molar-refractivity contribution >= 4 is 16.3 Å². The van der Waals surface area contributed by atoms with Gasteiger partial charge in [-0.15, -0.1) is 5.10 Å². The first kappa shape index (κ1) is 19.4. The van der Waals surface area contributed by atoms with E-state index in [9.17, 15) is 5.11 Å². The van der Waals surface area contributed by atoms with Crippen molar-refractivity contribution in [3.8, 4) is 5.88 Å². The van der Waals surface area contributed by atoms with E-state index < -0.39 is 0 Å². The molecule has 150 valence electrons. The van der Waals surface area contributed by atoms with Gasteiger partial charge in [-0.05, 0) is 42.2 Å². The minimum Gasteiger partial charge on any atom is -0.492 e. The molecule has 1 N–H and O–H groups in total. The average molecular weight is 399 g/mol. The molecule has 5 nitrogen and oxygen atoms in total. The number of nitrogens with zero attached hydrogens (tertiary/aromatic N) is 4. The zero-order chi connectivity index (χ0) is 20.0. The van der Waals surface area contributed by atoms with Gasteiger partial charge in [-0.2, -0.15) is 4.52 Å². The largest absolute Gasteiger partial charge is 0.492 e. The van der Waals surface area contributed by atoms with Gasteiger partial charge in [-0.25, -0.2) is 4.98 Å². The molecule has 28 heavy (non-hydrogen) atoms. The van der Waals surface area contributed by atoms with Crippen LogP contribution in [0.15, 0.2) is 24.3 Å². The number of piperidine rings is 1. The van der Waals surface area contributed by atoms with Crippen molar-refractivity contribution in [2.45, 2.75) is 53.0 Å². The quantitative estimate of drug-likeness (QED) is 0.672. The lowest BCUT2D eigenvalue weighted by atomic mass is 9.89. The van der Waals surface area contributed by atoms with Gasteiger partial charge in [0.25, 0.3) is 0 Å². The number of likely N-dealkylation sites (tertiary alicyclic amines) is 1. The Morgan fingerprint density at radius 3 is 2.25 bits per heavy atom. The molecule has 2 aromatic heterocycles. The Bertz CT molecular complexity index is 949. The summed E-state index contributed by atoms with van der Waals surface area (Å²) in [5, 5.41) is 15.4. The number of benzene rings is 1. The standard InChI is InChI=1S/C22H30N4OS/c1-13(2)17-6-8-18(9-7-17)19(25-11-14(3)10-15(4)12-25)20-21(27)26-22(28-20)23-16(5)24-26/h6-9,13-15,19,27H,10-12H2,1-5H3/t14-,15+,19-/m1/s1. The smallest absolute Gasteiger partial charge is 0.230 e. The highest BCUT2D eigenvalue weighted by Gasteiger charge is 2.33. The summed E-state index contributed by atoms with van der Waals surface area (Å²) in [5.74, 6) is 2.71. The van der Waals surface area contributed by atoms with Crippen molar-refractivity contribution in [1.29, 1.82) is 0 Å². The van der Waals surface area contributed by atoms with Crippen LogP contribution in [-0.4, -0.2) is 37.7 Å². The molecule has 6 heteroatoms. The van der Waals surface area contributed by atoms with E-state index in [0.717, 1.165) is 22.9 Å². The normalized spacial score (nSPS) is 22.2. The van der Waals surface area contributed by atoms with Crippen LogP contribution in [0.25, 0.3) is 4.96 Å². The molecular weight excluding hydrogens is 368 g/mol. The second kappa shape index (κ2) is 7.48. The van der Waals surface area contributed by atoms with Crippen molar-refractivity contribution in [3.05, 3.63) is 46.1 Å². The maximum atomic E-state index is 11.0. The van der Waals surface area contributed by atoms with Crippen LogP contribution in [-0.2, 0) is 0 Å². The van der Waals surface area contributed by atoms with Crippen LogP contribution < -0.4 is 0 Å². The maximum Gasteiger partial charge on any atom is 0.230 e. The van der Waals surface area contributed by atoms with Crippen LogP contribution in [0.5, 0.6) is 5.88 Å². The fourth-order valence-electron chi connectivity index (χ4n) is 4.54. The Labute approximate surface area is 171 Å². The summed E-state index contributed by atoms with van der Waals surface area (Å²) in [6, 6.07) is 8.93. The van der Waals surface area contributed by atoms with Crippen LogP contribution in [0, 0.1) is 18.8 Å². The van der Waals surface area contributed by atoms with Crippen molar-refractivity contribution in [2.24, 2.45) is 11.8 Å². The first-order valence-corrected chi connectivity index (χ1v) is 11.0. The molecule has 0 amide bonds. The van der Waals surface area contributed by atoms with E-state index in [1.807, 2.05) is 6.92 Å². The lowest BCUT2D eigenvalue weighted by Crippen LogP contribution is -2.41. The number of aryl methyl sites for hydroxylation is 1. The lowest BCUT2D eigenvalue weighted by Gasteiger charge is -2.40. The molecule has 1 aliphatic rings. The van der Waals surface area contributed by atoms with Gasteiger partial charge in [0.2, 0.25) is 10.8 Å². The third-order valence-electron chi connectivity index (χ3n) is 5.74. The number of fused-ring (bicyclic) bond motifs is 1. The molecule has 0 unspecified atom stereocenters. The molecular formula is C22H30N4OS. The Hall–Kier alpha value is -1.92. The van der Waals surface area contributed by atoms with E-state index in [4.69, 9.17) is 0 Å². The van der Waals surface area contributed by atoms with Gasteiger partial charge in [0, 0.05) is 13.1 Å². The monoisotopic (exact) mass is 398 g/mol. The first-order chi connectivity index (χ1) is 13.3. The third kappa shape index (κ3) is 3.55. The number of aromatic nitrogens is 3. The van der Waals surface area contributed by atoms with Crippen molar-refractivity contribution < 1.29 is 5.11 Å². The van der Waals surface area contributed by atoms with Gasteiger partial charge in [-0.1, -0.05) is 63.3 Å². The van der Waals surface area contributed by atoms with Gasteiger partial charge in [0.15, 0.2) is 0 Å². The number of thiazole rings is 1. The number of hydrogen-bond acceptors (Lipinski definition) is 5. The Balaban J connectivity index is 1.80. The third-order valence-corrected chi connectivity index (χ3v) is 6.81. The number of aromatic hydroxyl groups is 1. The summed E-state index contributed by atoms with van der Waals surface area (Å²) < 4.78 is 1.58. The predicted molar refractivity (Wildman–Crippen MR) is 114 cm³/mol. The topological polar surface area (TPSA) is 53.7 Å². The fourth-order valence-corrected chi connectivity index (χ4v) is 5.70. The molecule has 3 aromatic rings. The van der Waals surface area contributed by atoms with Crippen molar-refractivity contribution in [2.75, 3.05) is 13.1 Å². The molecule has 1 aliphatic heterocycles. The first-order valence-electron chi connectivity index (χ1n) is 10.2. The zero-order valence-electron chi connectivity index (χ0n) is 17.4. The summed E-state index contributed by atoms with van der Waals surface area (Å²) in [6.07, 6.45) is 1.26. The van der Waals surface area contributed by atoms with Crippen molar-refractivity contribution in [3.63, 3.8) is 0 Å². The summed E-state index contributed by atoms with van der Waals surface area (Å²) >= 11 is 1.55. The van der Waals surface area contributed by atoms with E-state index in [0.29, 0.717) is 23.6 Å². The highest BCUT2D eigenvalue weighted by atomic mass is 32.1. The SMILES string of the molecule is Cc1nc2sc([C@@H](c3ccc(C(C)C)cc3)N3C[C@H](C)C[C@H](C)C3)c(O)n2n1. The van der Waals surface area contributed by atoms with E-state index in [2.05, 4.69) is 66.9 Å². The molecule has 0 saturated carbocycles. The van der Waals surface area contributed by atoms with Crippen LogP contribution in [0.1, 0.15) is 67.9 Å². The highest BCUT2D eigenvalue weighted by Crippen LogP contribution is 2.42. The highest BCUT2D eigenvalue weighted by molar-refractivity contribution is 7.17. The van der Waals surface area contributed by atoms with Gasteiger partial charge in [0.05, 0.1) is 10.9 Å². The van der Waals surface area contributed by atoms with Gasteiger partial charge in [0.1, 0.15) is 5.82 Å². The predicted octanol–water partition coefficient (Wildman–Crippen LogP) is 5.00. The Kier molecular flexibility index (Phi) is 5.19. The molecule has 0 bridgehead atoms. The molecule has 3 heterocycles.